The molecule has 0 aliphatic heterocycles. The molecule has 0 radical (unpaired) electrons. The fourth-order valence-corrected chi connectivity index (χ4v) is 6.61. The van der Waals surface area contributed by atoms with Crippen LogP contribution in [-0.2, 0) is 0 Å². The topological polar surface area (TPSA) is 13.1 Å². The molecule has 0 aliphatic rings. The number of furan rings is 1. The highest BCUT2D eigenvalue weighted by Gasteiger charge is 2.20. The summed E-state index contributed by atoms with van der Waals surface area (Å²) in [6, 6.07) is 42.1. The zero-order chi connectivity index (χ0) is 32.7. The quantitative estimate of drug-likeness (QED) is 0.199. The molecule has 0 fully saturated rings. The van der Waals surface area contributed by atoms with Crippen molar-refractivity contribution < 1.29 is 11.3 Å². The molecule has 9 rings (SSSR count). The number of rotatable bonds is 3. The highest BCUT2D eigenvalue weighted by atomic mass is 16.3. The van der Waals surface area contributed by atoms with E-state index in [0.29, 0.717) is 5.56 Å². The summed E-state index contributed by atoms with van der Waals surface area (Å²) in [4.78, 5) is 0. The molecule has 0 atom stereocenters. The van der Waals surface area contributed by atoms with Crippen molar-refractivity contribution in [3.05, 3.63) is 158 Å². The van der Waals surface area contributed by atoms with Gasteiger partial charge in [-0.05, 0) is 66.7 Å². The van der Waals surface area contributed by atoms with Crippen molar-refractivity contribution in [2.75, 3.05) is 0 Å². The van der Waals surface area contributed by atoms with Gasteiger partial charge in [0, 0.05) is 21.9 Å². The molecule has 1 heterocycles. The van der Waals surface area contributed by atoms with Crippen molar-refractivity contribution in [2.45, 2.75) is 0 Å². The van der Waals surface area contributed by atoms with E-state index in [2.05, 4.69) is 97.1 Å². The maximum Gasteiger partial charge on any atom is 0.143 e. The van der Waals surface area contributed by atoms with E-state index in [0.717, 1.165) is 71.1 Å². The van der Waals surface area contributed by atoms with Crippen molar-refractivity contribution in [3.63, 3.8) is 0 Å². The van der Waals surface area contributed by atoms with Crippen LogP contribution >= 0.6 is 0 Å². The first-order valence-electron chi connectivity index (χ1n) is 16.9. The fourth-order valence-electron chi connectivity index (χ4n) is 6.61. The molecule has 200 valence electrons. The van der Waals surface area contributed by atoms with Gasteiger partial charge < -0.3 is 4.42 Å². The Hall–Kier alpha value is -5.66. The molecule has 0 saturated heterocycles. The second kappa shape index (κ2) is 9.44. The summed E-state index contributed by atoms with van der Waals surface area (Å²) in [7, 11) is 0. The van der Waals surface area contributed by atoms with Crippen LogP contribution in [0.25, 0.3) is 87.6 Å². The maximum atomic E-state index is 8.46. The SMILES string of the molecule is [2H]c1c([2H])c([2H])c(-c2ccc(-c3c4ccccc4c(-c4cccc5c4oc4cc6ccccc6cc45)c4ccccc34)cc2)c([2H])c1[2H]. The third-order valence-corrected chi connectivity index (χ3v) is 8.53. The summed E-state index contributed by atoms with van der Waals surface area (Å²) in [6.07, 6.45) is 0. The van der Waals surface area contributed by atoms with Gasteiger partial charge in [0.05, 0.1) is 6.85 Å². The van der Waals surface area contributed by atoms with Gasteiger partial charge >= 0.3 is 0 Å². The Bertz CT molecular complexity index is 2690. The molecule has 0 N–H and O–H groups in total. The van der Waals surface area contributed by atoms with E-state index < -0.39 is 6.04 Å². The molecule has 0 amide bonds. The van der Waals surface area contributed by atoms with Crippen LogP contribution in [0.4, 0.5) is 0 Å². The maximum absolute atomic E-state index is 8.46. The van der Waals surface area contributed by atoms with Crippen LogP contribution in [0.3, 0.4) is 0 Å². The lowest BCUT2D eigenvalue weighted by Gasteiger charge is -2.18. The molecule has 1 heteroatoms. The van der Waals surface area contributed by atoms with Crippen molar-refractivity contribution in [1.82, 2.24) is 0 Å². The molecule has 1 aromatic heterocycles. The number of para-hydroxylation sites is 1. The molecular formula is C42H26O. The van der Waals surface area contributed by atoms with Crippen LogP contribution in [0.5, 0.6) is 0 Å². The molecule has 0 spiro atoms. The smallest absolute Gasteiger partial charge is 0.143 e. The molecule has 0 aliphatic carbocycles. The molecule has 43 heavy (non-hydrogen) atoms. The second-order valence-corrected chi connectivity index (χ2v) is 10.9. The van der Waals surface area contributed by atoms with Crippen LogP contribution in [0.15, 0.2) is 162 Å². The number of benzene rings is 8. The average Bonchev–Trinajstić information content (AvgIpc) is 3.49. The minimum Gasteiger partial charge on any atom is -0.455 e. The fraction of sp³-hybridized carbons (Fsp3) is 0. The zero-order valence-corrected chi connectivity index (χ0v) is 23.0. The molecule has 1 nitrogen and oxygen atoms in total. The molecule has 8 aromatic carbocycles. The summed E-state index contributed by atoms with van der Waals surface area (Å²) in [5.41, 5.74) is 6.67. The van der Waals surface area contributed by atoms with Crippen molar-refractivity contribution in [1.29, 1.82) is 0 Å². The lowest BCUT2D eigenvalue weighted by molar-refractivity contribution is 0.670. The van der Waals surface area contributed by atoms with Crippen LogP contribution in [0, 0.1) is 0 Å². The lowest BCUT2D eigenvalue weighted by atomic mass is 9.85. The monoisotopic (exact) mass is 551 g/mol. The van der Waals surface area contributed by atoms with Crippen molar-refractivity contribution in [3.8, 4) is 33.4 Å². The summed E-state index contributed by atoms with van der Waals surface area (Å²) in [5.74, 6) is 0. The third kappa shape index (κ3) is 3.72. The van der Waals surface area contributed by atoms with E-state index >= 15 is 0 Å². The van der Waals surface area contributed by atoms with Crippen molar-refractivity contribution >= 4 is 54.3 Å². The molecule has 9 aromatic rings. The average molecular weight is 552 g/mol. The normalized spacial score (nSPS) is 13.3. The number of hydrogen-bond donors (Lipinski definition) is 0. The van der Waals surface area contributed by atoms with Crippen molar-refractivity contribution in [2.24, 2.45) is 0 Å². The standard InChI is InChI=1S/C42H26O/c1-2-11-27(12-3-1)28-21-23-29(24-22-28)40-32-15-6-8-17-34(32)41(35-18-9-7-16-33(35)40)37-20-10-19-36-38-25-30-13-4-5-14-31(30)26-39(38)43-42(36)37/h1-26H/i1D,2D,3D,11D,12D. The molecular weight excluding hydrogens is 520 g/mol. The van der Waals surface area contributed by atoms with Gasteiger partial charge in [-0.15, -0.1) is 0 Å². The minimum atomic E-state index is -0.393. The van der Waals surface area contributed by atoms with E-state index in [1.807, 2.05) is 30.3 Å². The first kappa shape index (κ1) is 19.5. The number of hydrogen-bond acceptors (Lipinski definition) is 1. The van der Waals surface area contributed by atoms with E-state index in [4.69, 9.17) is 11.3 Å². The first-order chi connectivity index (χ1) is 23.4. The first-order valence-corrected chi connectivity index (χ1v) is 14.4. The Morgan fingerprint density at radius 2 is 0.977 bits per heavy atom. The van der Waals surface area contributed by atoms with Crippen LogP contribution < -0.4 is 0 Å². The third-order valence-electron chi connectivity index (χ3n) is 8.53. The van der Waals surface area contributed by atoms with Crippen LogP contribution in [0.1, 0.15) is 6.85 Å². The molecule has 0 bridgehead atoms. The Balaban J connectivity index is 1.29. The Labute approximate surface area is 256 Å². The van der Waals surface area contributed by atoms with Crippen LogP contribution in [-0.4, -0.2) is 0 Å². The van der Waals surface area contributed by atoms with E-state index in [-0.39, 0.29) is 29.7 Å². The molecule has 0 saturated carbocycles. The summed E-state index contributed by atoms with van der Waals surface area (Å²) < 4.78 is 47.9. The van der Waals surface area contributed by atoms with E-state index in [1.54, 1.807) is 0 Å². The van der Waals surface area contributed by atoms with Gasteiger partial charge in [-0.25, -0.2) is 0 Å². The summed E-state index contributed by atoms with van der Waals surface area (Å²) in [5, 5.41) is 8.85. The van der Waals surface area contributed by atoms with Gasteiger partial charge in [0.2, 0.25) is 0 Å². The highest BCUT2D eigenvalue weighted by Crippen LogP contribution is 2.46. The van der Waals surface area contributed by atoms with Gasteiger partial charge in [0.25, 0.3) is 0 Å². The predicted molar refractivity (Wildman–Crippen MR) is 183 cm³/mol. The Kier molecular flexibility index (Phi) is 4.27. The van der Waals surface area contributed by atoms with Gasteiger partial charge in [-0.3, -0.25) is 0 Å². The second-order valence-electron chi connectivity index (χ2n) is 10.9. The van der Waals surface area contributed by atoms with E-state index in [1.165, 1.54) is 5.39 Å². The summed E-state index contributed by atoms with van der Waals surface area (Å²) in [6.45, 7) is 0. The zero-order valence-electron chi connectivity index (χ0n) is 28.0. The predicted octanol–water partition coefficient (Wildman–Crippen LogP) is 12.0. The largest absolute Gasteiger partial charge is 0.455 e. The minimum absolute atomic E-state index is 0.199. The Morgan fingerprint density at radius 1 is 0.419 bits per heavy atom. The van der Waals surface area contributed by atoms with Gasteiger partial charge in [-0.2, -0.15) is 0 Å². The van der Waals surface area contributed by atoms with Gasteiger partial charge in [-0.1, -0.05) is 145 Å². The van der Waals surface area contributed by atoms with Gasteiger partial charge in [0.15, 0.2) is 0 Å². The highest BCUT2D eigenvalue weighted by molar-refractivity contribution is 6.24. The number of fused-ring (bicyclic) bond motifs is 6. The molecule has 0 unspecified atom stereocenters. The Morgan fingerprint density at radius 3 is 1.65 bits per heavy atom. The van der Waals surface area contributed by atoms with Gasteiger partial charge in [0.1, 0.15) is 11.2 Å². The van der Waals surface area contributed by atoms with E-state index in [9.17, 15) is 0 Å². The lowest BCUT2D eigenvalue weighted by Crippen LogP contribution is -1.91. The summed E-state index contributed by atoms with van der Waals surface area (Å²) >= 11 is 0. The van der Waals surface area contributed by atoms with Crippen LogP contribution in [0.2, 0.25) is 0 Å².